The van der Waals surface area contributed by atoms with Crippen molar-refractivity contribution in [3.63, 3.8) is 0 Å². The van der Waals surface area contributed by atoms with E-state index in [1.54, 1.807) is 30.0 Å². The first-order valence-electron chi connectivity index (χ1n) is 8.96. The third-order valence-electron chi connectivity index (χ3n) is 4.85. The molecule has 0 radical (unpaired) electrons. The first-order valence-corrected chi connectivity index (χ1v) is 9.78. The molecular formula is C24H15NO2S. The van der Waals surface area contributed by atoms with Gasteiger partial charge in [-0.2, -0.15) is 0 Å². The van der Waals surface area contributed by atoms with Crippen molar-refractivity contribution >= 4 is 40.0 Å². The van der Waals surface area contributed by atoms with Crippen molar-refractivity contribution in [3.05, 3.63) is 102 Å². The van der Waals surface area contributed by atoms with E-state index in [2.05, 4.69) is 0 Å². The van der Waals surface area contributed by atoms with Crippen LogP contribution in [-0.4, -0.2) is 11.8 Å². The van der Waals surface area contributed by atoms with E-state index in [0.29, 0.717) is 16.8 Å². The number of anilines is 1. The number of hydrogen-bond acceptors (Lipinski definition) is 3. The van der Waals surface area contributed by atoms with Crippen LogP contribution in [0.25, 0.3) is 10.8 Å². The molecule has 5 rings (SSSR count). The van der Waals surface area contributed by atoms with Crippen LogP contribution >= 0.6 is 11.8 Å². The van der Waals surface area contributed by atoms with Gasteiger partial charge < -0.3 is 0 Å². The minimum Gasteiger partial charge on any atom is -0.268 e. The van der Waals surface area contributed by atoms with Gasteiger partial charge in [-0.05, 0) is 47.9 Å². The molecule has 0 bridgehead atoms. The lowest BCUT2D eigenvalue weighted by atomic mass is 9.93. The zero-order valence-electron chi connectivity index (χ0n) is 14.8. The molecule has 0 unspecified atom stereocenters. The fourth-order valence-corrected chi connectivity index (χ4v) is 4.55. The predicted molar refractivity (Wildman–Crippen MR) is 112 cm³/mol. The number of nitrogens with zero attached hydrogens (tertiary/aromatic N) is 1. The number of benzene rings is 4. The Hall–Kier alpha value is -3.37. The maximum absolute atomic E-state index is 13.2. The Morgan fingerprint density at radius 1 is 0.607 bits per heavy atom. The van der Waals surface area contributed by atoms with Gasteiger partial charge in [-0.1, -0.05) is 60.3 Å². The molecule has 0 saturated heterocycles. The largest absolute Gasteiger partial charge is 0.268 e. The van der Waals surface area contributed by atoms with E-state index >= 15 is 0 Å². The molecule has 1 aliphatic heterocycles. The average molecular weight is 381 g/mol. The molecule has 0 aliphatic carbocycles. The monoisotopic (exact) mass is 381 g/mol. The van der Waals surface area contributed by atoms with Gasteiger partial charge in [0, 0.05) is 26.3 Å². The lowest BCUT2D eigenvalue weighted by Crippen LogP contribution is -2.40. The molecule has 0 atom stereocenters. The lowest BCUT2D eigenvalue weighted by molar-refractivity contribution is 0.0893. The van der Waals surface area contributed by atoms with Gasteiger partial charge in [0.25, 0.3) is 11.8 Å². The molecule has 1 heterocycles. The number of hydrogen-bond donors (Lipinski definition) is 0. The highest BCUT2D eigenvalue weighted by atomic mass is 32.2. The number of amides is 2. The predicted octanol–water partition coefficient (Wildman–Crippen LogP) is 5.79. The molecule has 134 valence electrons. The highest BCUT2D eigenvalue weighted by Gasteiger charge is 2.34. The molecule has 28 heavy (non-hydrogen) atoms. The van der Waals surface area contributed by atoms with Crippen molar-refractivity contribution in [2.75, 3.05) is 4.90 Å². The Kier molecular flexibility index (Phi) is 3.99. The quantitative estimate of drug-likeness (QED) is 0.421. The second-order valence-electron chi connectivity index (χ2n) is 6.54. The van der Waals surface area contributed by atoms with Crippen LogP contribution in [0.15, 0.2) is 101 Å². The summed E-state index contributed by atoms with van der Waals surface area (Å²) in [5.41, 5.74) is 1.71. The Morgan fingerprint density at radius 2 is 1.25 bits per heavy atom. The summed E-state index contributed by atoms with van der Waals surface area (Å²) < 4.78 is 0. The molecule has 0 fully saturated rings. The van der Waals surface area contributed by atoms with Crippen molar-refractivity contribution < 1.29 is 9.59 Å². The van der Waals surface area contributed by atoms with Crippen LogP contribution in [0.5, 0.6) is 0 Å². The fraction of sp³-hybridized carbons (Fsp3) is 0. The zero-order chi connectivity index (χ0) is 19.1. The van der Waals surface area contributed by atoms with Crippen molar-refractivity contribution in [1.29, 1.82) is 0 Å². The molecule has 0 N–H and O–H groups in total. The van der Waals surface area contributed by atoms with Gasteiger partial charge in [-0.3, -0.25) is 9.59 Å². The lowest BCUT2D eigenvalue weighted by Gasteiger charge is -2.27. The summed E-state index contributed by atoms with van der Waals surface area (Å²) >= 11 is 1.63. The van der Waals surface area contributed by atoms with Crippen LogP contribution in [0, 0.1) is 0 Å². The van der Waals surface area contributed by atoms with Gasteiger partial charge in [-0.15, -0.1) is 0 Å². The Balaban J connectivity index is 1.68. The van der Waals surface area contributed by atoms with E-state index < -0.39 is 0 Å². The first-order chi connectivity index (χ1) is 13.7. The number of para-hydroxylation sites is 1. The number of carbonyl (C=O) groups is 2. The topological polar surface area (TPSA) is 37.4 Å². The molecule has 4 aromatic carbocycles. The van der Waals surface area contributed by atoms with E-state index in [9.17, 15) is 9.59 Å². The highest BCUT2D eigenvalue weighted by Crippen LogP contribution is 2.39. The van der Waals surface area contributed by atoms with Crippen molar-refractivity contribution in [2.45, 2.75) is 9.79 Å². The highest BCUT2D eigenvalue weighted by molar-refractivity contribution is 7.99. The molecule has 0 aromatic heterocycles. The maximum Gasteiger partial charge on any atom is 0.265 e. The molecule has 3 nitrogen and oxygen atoms in total. The van der Waals surface area contributed by atoms with Crippen LogP contribution in [0.2, 0.25) is 0 Å². The van der Waals surface area contributed by atoms with E-state index in [4.69, 9.17) is 0 Å². The normalized spacial score (nSPS) is 13.2. The Labute approximate surface area is 166 Å². The van der Waals surface area contributed by atoms with E-state index in [1.165, 1.54) is 4.90 Å². The standard InChI is InChI=1S/C24H15NO2S/c26-23-19-13-7-12-18-21(28-17-10-5-2-6-11-17)15-14-20(22(18)19)24(27)25(23)16-8-3-1-4-9-16/h1-15H. The van der Waals surface area contributed by atoms with Crippen molar-refractivity contribution in [2.24, 2.45) is 0 Å². The van der Waals surface area contributed by atoms with Crippen LogP contribution < -0.4 is 4.90 Å². The summed E-state index contributed by atoms with van der Waals surface area (Å²) in [5, 5.41) is 1.67. The number of rotatable bonds is 3. The smallest absolute Gasteiger partial charge is 0.265 e. The minimum absolute atomic E-state index is 0.281. The Morgan fingerprint density at radius 3 is 1.96 bits per heavy atom. The van der Waals surface area contributed by atoms with Gasteiger partial charge in [0.2, 0.25) is 0 Å². The van der Waals surface area contributed by atoms with E-state index in [-0.39, 0.29) is 11.8 Å². The molecular weight excluding hydrogens is 366 g/mol. The number of carbonyl (C=O) groups excluding carboxylic acids is 2. The van der Waals surface area contributed by atoms with E-state index in [1.807, 2.05) is 72.8 Å². The molecule has 4 aromatic rings. The number of imide groups is 1. The molecule has 0 spiro atoms. The van der Waals surface area contributed by atoms with Gasteiger partial charge in [0.1, 0.15) is 0 Å². The summed E-state index contributed by atoms with van der Waals surface area (Å²) in [6.07, 6.45) is 0. The summed E-state index contributed by atoms with van der Waals surface area (Å²) in [6.45, 7) is 0. The summed E-state index contributed by atoms with van der Waals surface area (Å²) in [4.78, 5) is 29.8. The molecule has 4 heteroatoms. The first kappa shape index (κ1) is 16.8. The Bertz CT molecular complexity index is 1200. The molecule has 0 saturated carbocycles. The average Bonchev–Trinajstić information content (AvgIpc) is 2.74. The van der Waals surface area contributed by atoms with E-state index in [0.717, 1.165) is 20.6 Å². The summed E-state index contributed by atoms with van der Waals surface area (Å²) in [6, 6.07) is 28.6. The minimum atomic E-state index is -0.281. The van der Waals surface area contributed by atoms with Crippen LogP contribution in [0.1, 0.15) is 20.7 Å². The van der Waals surface area contributed by atoms with Gasteiger partial charge in [-0.25, -0.2) is 4.90 Å². The van der Waals surface area contributed by atoms with Gasteiger partial charge in [0.15, 0.2) is 0 Å². The van der Waals surface area contributed by atoms with Crippen LogP contribution in [0.3, 0.4) is 0 Å². The van der Waals surface area contributed by atoms with Crippen molar-refractivity contribution in [1.82, 2.24) is 0 Å². The van der Waals surface area contributed by atoms with Crippen LogP contribution in [-0.2, 0) is 0 Å². The second-order valence-corrected chi connectivity index (χ2v) is 7.65. The summed E-state index contributed by atoms with van der Waals surface area (Å²) in [7, 11) is 0. The molecule has 1 aliphatic rings. The summed E-state index contributed by atoms with van der Waals surface area (Å²) in [5.74, 6) is -0.563. The SMILES string of the molecule is O=C1c2cccc3c(Sc4ccccc4)ccc(c23)C(=O)N1c1ccccc1. The third-order valence-corrected chi connectivity index (χ3v) is 5.94. The van der Waals surface area contributed by atoms with Gasteiger partial charge in [0.05, 0.1) is 5.69 Å². The maximum atomic E-state index is 13.2. The second kappa shape index (κ2) is 6.66. The molecule has 2 amide bonds. The third kappa shape index (κ3) is 2.62. The van der Waals surface area contributed by atoms with Gasteiger partial charge >= 0.3 is 0 Å². The zero-order valence-corrected chi connectivity index (χ0v) is 15.6. The van der Waals surface area contributed by atoms with Crippen molar-refractivity contribution in [3.8, 4) is 0 Å². The van der Waals surface area contributed by atoms with Crippen LogP contribution in [0.4, 0.5) is 5.69 Å². The fourth-order valence-electron chi connectivity index (χ4n) is 3.59.